The van der Waals surface area contributed by atoms with Crippen LogP contribution in [0.1, 0.15) is 11.7 Å². The van der Waals surface area contributed by atoms with Crippen molar-refractivity contribution in [2.75, 3.05) is 11.1 Å². The van der Waals surface area contributed by atoms with Crippen LogP contribution in [0, 0.1) is 0 Å². The Kier molecular flexibility index (Phi) is 4.43. The maximum Gasteiger partial charge on any atom is 0.234 e. The number of rotatable bonds is 4. The highest BCUT2D eigenvalue weighted by Crippen LogP contribution is 2.24. The number of hydrogen-bond acceptors (Lipinski definition) is 4. The van der Waals surface area contributed by atoms with Gasteiger partial charge < -0.3 is 5.32 Å². The van der Waals surface area contributed by atoms with E-state index in [1.807, 2.05) is 54.6 Å². The zero-order valence-corrected chi connectivity index (χ0v) is 13.3. The van der Waals surface area contributed by atoms with Crippen molar-refractivity contribution in [2.45, 2.75) is 12.1 Å². The molecule has 0 aliphatic rings. The van der Waals surface area contributed by atoms with Gasteiger partial charge in [-0.3, -0.25) is 14.2 Å². The number of nitrogens with one attached hydrogen (secondary N) is 1. The van der Waals surface area contributed by atoms with E-state index in [-0.39, 0.29) is 17.6 Å². The Morgan fingerprint density at radius 1 is 1.09 bits per heavy atom. The van der Waals surface area contributed by atoms with E-state index in [2.05, 4.69) is 10.3 Å². The van der Waals surface area contributed by atoms with Crippen LogP contribution in [0.4, 0.5) is 5.69 Å². The monoisotopic (exact) mass is 325 g/mol. The molecule has 1 N–H and O–H groups in total. The number of para-hydroxylation sites is 3. The molecule has 1 aromatic heterocycles. The van der Waals surface area contributed by atoms with Gasteiger partial charge in [-0.1, -0.05) is 42.1 Å². The number of nitrogens with zero attached hydrogens (tertiary/aromatic N) is 2. The summed E-state index contributed by atoms with van der Waals surface area (Å²) in [6, 6.07) is 16.7. The molecule has 3 aromatic rings. The summed E-state index contributed by atoms with van der Waals surface area (Å²) in [5.74, 6) is -0.0704. The van der Waals surface area contributed by atoms with Gasteiger partial charge in [0.15, 0.2) is 5.16 Å². The molecule has 0 aliphatic heterocycles. The second kappa shape index (κ2) is 6.66. The predicted molar refractivity (Wildman–Crippen MR) is 91.8 cm³/mol. The van der Waals surface area contributed by atoms with E-state index in [1.165, 1.54) is 23.3 Å². The molecule has 1 amide bonds. The van der Waals surface area contributed by atoms with E-state index >= 15 is 0 Å². The van der Waals surface area contributed by atoms with Gasteiger partial charge >= 0.3 is 0 Å². The number of benzene rings is 2. The van der Waals surface area contributed by atoms with Gasteiger partial charge in [0.1, 0.15) is 0 Å². The molecule has 0 saturated heterocycles. The van der Waals surface area contributed by atoms with Crippen LogP contribution in [0.2, 0.25) is 0 Å². The Morgan fingerprint density at radius 2 is 1.78 bits per heavy atom. The maximum atomic E-state index is 12.0. The van der Waals surface area contributed by atoms with E-state index in [0.717, 1.165) is 16.7 Å². The summed E-state index contributed by atoms with van der Waals surface area (Å²) in [5.41, 5.74) is 2.25. The summed E-state index contributed by atoms with van der Waals surface area (Å²) < 4.78 is 1.54. The van der Waals surface area contributed by atoms with Crippen molar-refractivity contribution in [3.8, 4) is 0 Å². The highest BCUT2D eigenvalue weighted by atomic mass is 32.2. The SMILES string of the molecule is CC(=O)n1c(SCC(=O)Nc2ccccc2)nc2ccccc21. The fourth-order valence-electron chi connectivity index (χ4n) is 2.25. The third-order valence-electron chi connectivity index (χ3n) is 3.23. The van der Waals surface area contributed by atoms with Gasteiger partial charge in [-0.05, 0) is 24.3 Å². The van der Waals surface area contributed by atoms with Gasteiger partial charge in [-0.15, -0.1) is 0 Å². The van der Waals surface area contributed by atoms with Gasteiger partial charge in [0, 0.05) is 12.6 Å². The summed E-state index contributed by atoms with van der Waals surface area (Å²) in [6.45, 7) is 1.49. The van der Waals surface area contributed by atoms with Crippen molar-refractivity contribution >= 4 is 40.3 Å². The number of aromatic nitrogens is 2. The molecule has 23 heavy (non-hydrogen) atoms. The topological polar surface area (TPSA) is 64.0 Å². The zero-order chi connectivity index (χ0) is 16.2. The lowest BCUT2D eigenvalue weighted by Crippen LogP contribution is -2.15. The highest BCUT2D eigenvalue weighted by molar-refractivity contribution is 7.99. The number of carbonyl (C=O) groups excluding carboxylic acids is 2. The number of thioether (sulfide) groups is 1. The van der Waals surface area contributed by atoms with Crippen LogP contribution in [0.15, 0.2) is 59.8 Å². The second-order valence-electron chi connectivity index (χ2n) is 4.94. The standard InChI is InChI=1S/C17H15N3O2S/c1-12(21)20-15-10-6-5-9-14(15)19-17(20)23-11-16(22)18-13-7-3-2-4-8-13/h2-10H,11H2,1H3,(H,18,22). The maximum absolute atomic E-state index is 12.0. The molecule has 116 valence electrons. The first kappa shape index (κ1) is 15.3. The molecule has 0 spiro atoms. The van der Waals surface area contributed by atoms with E-state index in [4.69, 9.17) is 0 Å². The van der Waals surface area contributed by atoms with Crippen molar-refractivity contribution < 1.29 is 9.59 Å². The van der Waals surface area contributed by atoms with E-state index in [0.29, 0.717) is 5.16 Å². The molecular formula is C17H15N3O2S. The van der Waals surface area contributed by atoms with Crippen molar-refractivity contribution in [1.29, 1.82) is 0 Å². The number of imidazole rings is 1. The van der Waals surface area contributed by atoms with E-state index < -0.39 is 0 Å². The van der Waals surface area contributed by atoms with Crippen LogP contribution in [-0.2, 0) is 4.79 Å². The summed E-state index contributed by atoms with van der Waals surface area (Å²) >= 11 is 1.25. The van der Waals surface area contributed by atoms with Crippen LogP contribution >= 0.6 is 11.8 Å². The Hall–Kier alpha value is -2.60. The molecule has 0 fully saturated rings. The number of fused-ring (bicyclic) bond motifs is 1. The Balaban J connectivity index is 1.75. The molecule has 0 saturated carbocycles. The lowest BCUT2D eigenvalue weighted by atomic mass is 10.3. The number of anilines is 1. The quantitative estimate of drug-likeness (QED) is 0.747. The summed E-state index contributed by atoms with van der Waals surface area (Å²) in [4.78, 5) is 28.4. The van der Waals surface area contributed by atoms with Crippen LogP contribution in [0.25, 0.3) is 11.0 Å². The Morgan fingerprint density at radius 3 is 2.52 bits per heavy atom. The number of carbonyl (C=O) groups is 2. The smallest absolute Gasteiger partial charge is 0.234 e. The van der Waals surface area contributed by atoms with Crippen molar-refractivity contribution in [1.82, 2.24) is 9.55 Å². The van der Waals surface area contributed by atoms with Crippen LogP contribution in [0.5, 0.6) is 0 Å². The molecule has 5 nitrogen and oxygen atoms in total. The molecule has 3 rings (SSSR count). The fourth-order valence-corrected chi connectivity index (χ4v) is 3.10. The molecule has 0 unspecified atom stereocenters. The molecule has 0 bridgehead atoms. The second-order valence-corrected chi connectivity index (χ2v) is 5.88. The molecule has 2 aromatic carbocycles. The summed E-state index contributed by atoms with van der Waals surface area (Å²) in [5, 5.41) is 3.34. The predicted octanol–water partition coefficient (Wildman–Crippen LogP) is 3.43. The molecule has 6 heteroatoms. The van der Waals surface area contributed by atoms with Gasteiger partial charge in [-0.2, -0.15) is 0 Å². The lowest BCUT2D eigenvalue weighted by molar-refractivity contribution is -0.113. The van der Waals surface area contributed by atoms with E-state index in [9.17, 15) is 9.59 Å². The third kappa shape index (κ3) is 3.43. The third-order valence-corrected chi connectivity index (χ3v) is 4.17. The summed E-state index contributed by atoms with van der Waals surface area (Å²) in [6.07, 6.45) is 0. The van der Waals surface area contributed by atoms with E-state index in [1.54, 1.807) is 0 Å². The van der Waals surface area contributed by atoms with Crippen molar-refractivity contribution in [3.63, 3.8) is 0 Å². The minimum atomic E-state index is -0.136. The van der Waals surface area contributed by atoms with Gasteiger partial charge in [0.2, 0.25) is 11.8 Å². The van der Waals surface area contributed by atoms with Gasteiger partial charge in [0.25, 0.3) is 0 Å². The zero-order valence-electron chi connectivity index (χ0n) is 12.5. The average Bonchev–Trinajstić information content (AvgIpc) is 2.92. The first-order valence-corrected chi connectivity index (χ1v) is 8.10. The first-order valence-electron chi connectivity index (χ1n) is 7.11. The minimum absolute atomic E-state index is 0.121. The summed E-state index contributed by atoms with van der Waals surface area (Å²) in [7, 11) is 0. The van der Waals surface area contributed by atoms with Crippen LogP contribution in [0.3, 0.4) is 0 Å². The van der Waals surface area contributed by atoms with Crippen LogP contribution < -0.4 is 5.32 Å². The number of amides is 1. The normalized spacial score (nSPS) is 10.7. The number of hydrogen-bond donors (Lipinski definition) is 1. The molecule has 1 heterocycles. The molecule has 0 radical (unpaired) electrons. The van der Waals surface area contributed by atoms with Crippen LogP contribution in [-0.4, -0.2) is 27.1 Å². The van der Waals surface area contributed by atoms with Crippen molar-refractivity contribution in [2.24, 2.45) is 0 Å². The minimum Gasteiger partial charge on any atom is -0.325 e. The highest BCUT2D eigenvalue weighted by Gasteiger charge is 2.15. The molecule has 0 aliphatic carbocycles. The van der Waals surface area contributed by atoms with Crippen molar-refractivity contribution in [3.05, 3.63) is 54.6 Å². The van der Waals surface area contributed by atoms with Gasteiger partial charge in [-0.25, -0.2) is 4.98 Å². The Labute approximate surface area is 137 Å². The molecule has 0 atom stereocenters. The average molecular weight is 325 g/mol. The molecular weight excluding hydrogens is 310 g/mol. The van der Waals surface area contributed by atoms with Gasteiger partial charge in [0.05, 0.1) is 16.8 Å². The lowest BCUT2D eigenvalue weighted by Gasteiger charge is -2.06. The first-order chi connectivity index (χ1) is 11.1. The Bertz CT molecular complexity index is 859. The largest absolute Gasteiger partial charge is 0.325 e. The fraction of sp³-hybridized carbons (Fsp3) is 0.118.